The number of carbonyl (C=O) groups excluding carboxylic acids is 2. The normalized spacial score (nSPS) is 21.7. The van der Waals surface area contributed by atoms with Gasteiger partial charge in [-0.1, -0.05) is 0 Å². The van der Waals surface area contributed by atoms with Crippen LogP contribution in [0.3, 0.4) is 0 Å². The van der Waals surface area contributed by atoms with E-state index in [0.29, 0.717) is 12.8 Å². The van der Waals surface area contributed by atoms with Gasteiger partial charge in [0.15, 0.2) is 5.78 Å². The summed E-state index contributed by atoms with van der Waals surface area (Å²) >= 11 is 5.31. The molecular weight excluding hydrogens is 216 g/mol. The van der Waals surface area contributed by atoms with Gasteiger partial charge in [0.25, 0.3) is 5.91 Å². The third kappa shape index (κ3) is 2.20. The van der Waals surface area contributed by atoms with Crippen molar-refractivity contribution in [1.29, 1.82) is 0 Å². The molecule has 0 N–H and O–H groups in total. The van der Waals surface area contributed by atoms with Crippen LogP contribution in [0.25, 0.3) is 0 Å². The summed E-state index contributed by atoms with van der Waals surface area (Å²) < 4.78 is 24.2. The van der Waals surface area contributed by atoms with E-state index in [1.165, 1.54) is 0 Å². The highest BCUT2D eigenvalue weighted by atomic mass is 35.5. The van der Waals surface area contributed by atoms with E-state index >= 15 is 0 Å². The Hall–Kier alpha value is -0.710. The molecule has 1 atom stereocenters. The lowest BCUT2D eigenvalue weighted by Crippen LogP contribution is -2.43. The second kappa shape index (κ2) is 4.68. The molecular formula is C8H10ClF2NO2. The van der Waals surface area contributed by atoms with Crippen LogP contribution in [0.4, 0.5) is 8.78 Å². The fraction of sp³-hybridized carbons (Fsp3) is 0.750. The number of rotatable bonds is 3. The highest BCUT2D eigenvalue weighted by Crippen LogP contribution is 2.20. The first-order chi connectivity index (χ1) is 6.57. The Morgan fingerprint density at radius 3 is 2.64 bits per heavy atom. The van der Waals surface area contributed by atoms with E-state index in [2.05, 4.69) is 0 Å². The topological polar surface area (TPSA) is 37.4 Å². The maximum Gasteiger partial charge on any atom is 0.315 e. The van der Waals surface area contributed by atoms with Gasteiger partial charge < -0.3 is 4.90 Å². The lowest BCUT2D eigenvalue weighted by atomic mass is 10.1. The SMILES string of the molecule is O=C(CCl)[C@@H]1CCCN1C(=O)C(F)F. The molecule has 1 aliphatic heterocycles. The average molecular weight is 226 g/mol. The summed E-state index contributed by atoms with van der Waals surface area (Å²) in [7, 11) is 0. The quantitative estimate of drug-likeness (QED) is 0.674. The molecule has 1 saturated heterocycles. The lowest BCUT2D eigenvalue weighted by Gasteiger charge is -2.22. The molecule has 6 heteroatoms. The largest absolute Gasteiger partial charge is 0.328 e. The Kier molecular flexibility index (Phi) is 3.80. The third-order valence-electron chi connectivity index (χ3n) is 2.23. The second-order valence-electron chi connectivity index (χ2n) is 3.09. The molecule has 1 heterocycles. The number of Topliss-reactive ketones (excluding diaryl/α,β-unsaturated/α-hetero) is 1. The standard InChI is InChI=1S/C8H10ClF2NO2/c9-4-6(13)5-2-1-3-12(5)8(14)7(10)11/h5,7H,1-4H2/t5-/m0/s1. The van der Waals surface area contributed by atoms with Crippen LogP contribution in [-0.2, 0) is 9.59 Å². The van der Waals surface area contributed by atoms with Gasteiger partial charge >= 0.3 is 6.43 Å². The Balaban J connectivity index is 2.68. The zero-order valence-corrected chi connectivity index (χ0v) is 8.14. The minimum Gasteiger partial charge on any atom is -0.328 e. The molecule has 14 heavy (non-hydrogen) atoms. The Morgan fingerprint density at radius 1 is 1.50 bits per heavy atom. The maximum atomic E-state index is 12.1. The fourth-order valence-electron chi connectivity index (χ4n) is 1.58. The Labute approximate surface area is 85.0 Å². The Bertz CT molecular complexity index is 247. The molecule has 1 amide bonds. The number of amides is 1. The minimum atomic E-state index is -3.04. The van der Waals surface area contributed by atoms with E-state index in [-0.39, 0.29) is 18.2 Å². The molecule has 0 spiro atoms. The van der Waals surface area contributed by atoms with Crippen LogP contribution < -0.4 is 0 Å². The molecule has 0 aromatic rings. The molecule has 0 aliphatic carbocycles. The molecule has 80 valence electrons. The molecule has 0 radical (unpaired) electrons. The van der Waals surface area contributed by atoms with E-state index in [0.717, 1.165) is 4.90 Å². The van der Waals surface area contributed by atoms with Crippen molar-refractivity contribution in [2.45, 2.75) is 25.3 Å². The minimum absolute atomic E-state index is 0.219. The van der Waals surface area contributed by atoms with Gasteiger partial charge in [-0.25, -0.2) is 0 Å². The van der Waals surface area contributed by atoms with E-state index in [1.54, 1.807) is 0 Å². The number of nitrogens with zero attached hydrogens (tertiary/aromatic N) is 1. The number of halogens is 3. The summed E-state index contributed by atoms with van der Waals surface area (Å²) in [5.74, 6) is -1.87. The van der Waals surface area contributed by atoms with Crippen LogP contribution in [0.2, 0.25) is 0 Å². The molecule has 0 unspecified atom stereocenters. The third-order valence-corrected chi connectivity index (χ3v) is 2.49. The number of likely N-dealkylation sites (tertiary alicyclic amines) is 1. The van der Waals surface area contributed by atoms with Crippen molar-refractivity contribution in [1.82, 2.24) is 4.90 Å². The van der Waals surface area contributed by atoms with Gasteiger partial charge in [0.05, 0.1) is 11.9 Å². The second-order valence-corrected chi connectivity index (χ2v) is 3.36. The van der Waals surface area contributed by atoms with Crippen molar-refractivity contribution in [2.75, 3.05) is 12.4 Å². The van der Waals surface area contributed by atoms with Gasteiger partial charge in [0, 0.05) is 6.54 Å². The highest BCUT2D eigenvalue weighted by molar-refractivity contribution is 6.28. The van der Waals surface area contributed by atoms with Crippen molar-refractivity contribution in [3.63, 3.8) is 0 Å². The van der Waals surface area contributed by atoms with Crippen molar-refractivity contribution in [3.8, 4) is 0 Å². The van der Waals surface area contributed by atoms with Gasteiger partial charge in [0.1, 0.15) is 0 Å². The monoisotopic (exact) mass is 225 g/mol. The molecule has 0 aromatic heterocycles. The molecule has 1 rings (SSSR count). The van der Waals surface area contributed by atoms with Crippen molar-refractivity contribution < 1.29 is 18.4 Å². The van der Waals surface area contributed by atoms with Crippen LogP contribution in [0.1, 0.15) is 12.8 Å². The van der Waals surface area contributed by atoms with Gasteiger partial charge in [-0.3, -0.25) is 9.59 Å². The number of hydrogen-bond donors (Lipinski definition) is 0. The summed E-state index contributed by atoms with van der Waals surface area (Å²) in [6, 6.07) is -0.742. The summed E-state index contributed by atoms with van der Waals surface area (Å²) in [6.45, 7) is 0.219. The number of alkyl halides is 3. The molecule has 0 saturated carbocycles. The van der Waals surface area contributed by atoms with Crippen molar-refractivity contribution in [2.24, 2.45) is 0 Å². The predicted molar refractivity (Wildman–Crippen MR) is 46.5 cm³/mol. The van der Waals surface area contributed by atoms with Crippen molar-refractivity contribution >= 4 is 23.3 Å². The summed E-state index contributed by atoms with van der Waals surface area (Å²) in [4.78, 5) is 23.1. The van der Waals surface area contributed by atoms with Crippen LogP contribution in [0.5, 0.6) is 0 Å². The van der Waals surface area contributed by atoms with Gasteiger partial charge in [-0.15, -0.1) is 11.6 Å². The summed E-state index contributed by atoms with van der Waals surface area (Å²) in [5.41, 5.74) is 0. The van der Waals surface area contributed by atoms with Gasteiger partial charge in [0.2, 0.25) is 0 Å². The van der Waals surface area contributed by atoms with E-state index in [4.69, 9.17) is 11.6 Å². The summed E-state index contributed by atoms with van der Waals surface area (Å²) in [5, 5.41) is 0. The molecule has 0 bridgehead atoms. The number of carbonyl (C=O) groups is 2. The maximum absolute atomic E-state index is 12.1. The molecule has 0 aromatic carbocycles. The number of hydrogen-bond acceptors (Lipinski definition) is 2. The van der Waals surface area contributed by atoms with Crippen LogP contribution in [0, 0.1) is 0 Å². The van der Waals surface area contributed by atoms with Gasteiger partial charge in [-0.05, 0) is 12.8 Å². The van der Waals surface area contributed by atoms with Crippen LogP contribution in [-0.4, -0.2) is 41.5 Å². The van der Waals surface area contributed by atoms with Crippen LogP contribution >= 0.6 is 11.6 Å². The highest BCUT2D eigenvalue weighted by Gasteiger charge is 2.36. The predicted octanol–water partition coefficient (Wildman–Crippen LogP) is 1.05. The first-order valence-corrected chi connectivity index (χ1v) is 4.78. The van der Waals surface area contributed by atoms with E-state index in [1.807, 2.05) is 0 Å². The molecule has 1 aliphatic rings. The number of ketones is 1. The van der Waals surface area contributed by atoms with Crippen LogP contribution in [0.15, 0.2) is 0 Å². The lowest BCUT2D eigenvalue weighted by molar-refractivity contribution is -0.146. The molecule has 1 fully saturated rings. The first kappa shape index (κ1) is 11.4. The zero-order chi connectivity index (χ0) is 10.7. The van der Waals surface area contributed by atoms with Crippen molar-refractivity contribution in [3.05, 3.63) is 0 Å². The van der Waals surface area contributed by atoms with E-state index in [9.17, 15) is 18.4 Å². The first-order valence-electron chi connectivity index (χ1n) is 4.25. The summed E-state index contributed by atoms with van der Waals surface area (Å²) in [6.07, 6.45) is -2.03. The smallest absolute Gasteiger partial charge is 0.315 e. The zero-order valence-electron chi connectivity index (χ0n) is 7.38. The van der Waals surface area contributed by atoms with E-state index < -0.39 is 18.4 Å². The average Bonchev–Trinajstić information content (AvgIpc) is 2.63. The fourth-order valence-corrected chi connectivity index (χ4v) is 1.76. The Morgan fingerprint density at radius 2 is 2.14 bits per heavy atom. The van der Waals surface area contributed by atoms with Gasteiger partial charge in [-0.2, -0.15) is 8.78 Å². The molecule has 3 nitrogen and oxygen atoms in total.